The molecule has 2 unspecified atom stereocenters. The van der Waals surface area contributed by atoms with Gasteiger partial charge in [-0.1, -0.05) is 37.3 Å². The standard InChI is InChI=1S/C17H26N2O.ClH/c1-13(15-8-10-18-11-9-15)12-17(20)19-14(2)16-6-4-3-5-7-16;/h3-7,13-15,18H,8-12H2,1-2H3,(H,19,20);1H. The van der Waals surface area contributed by atoms with Crippen LogP contribution in [0.4, 0.5) is 0 Å². The molecule has 0 spiro atoms. The van der Waals surface area contributed by atoms with Crippen LogP contribution in [0.5, 0.6) is 0 Å². The molecular weight excluding hydrogens is 284 g/mol. The van der Waals surface area contributed by atoms with Crippen molar-refractivity contribution in [3.8, 4) is 0 Å². The van der Waals surface area contributed by atoms with E-state index in [1.807, 2.05) is 25.1 Å². The van der Waals surface area contributed by atoms with Crippen LogP contribution in [0.15, 0.2) is 30.3 Å². The first kappa shape index (κ1) is 18.0. The molecule has 2 rings (SSSR count). The molecule has 118 valence electrons. The van der Waals surface area contributed by atoms with Gasteiger partial charge < -0.3 is 10.6 Å². The van der Waals surface area contributed by atoms with Crippen LogP contribution in [0.3, 0.4) is 0 Å². The van der Waals surface area contributed by atoms with E-state index in [-0.39, 0.29) is 24.4 Å². The van der Waals surface area contributed by atoms with Gasteiger partial charge >= 0.3 is 0 Å². The van der Waals surface area contributed by atoms with Gasteiger partial charge in [0.2, 0.25) is 5.91 Å². The van der Waals surface area contributed by atoms with Gasteiger partial charge in [-0.15, -0.1) is 12.4 Å². The summed E-state index contributed by atoms with van der Waals surface area (Å²) in [5.74, 6) is 1.33. The van der Waals surface area contributed by atoms with E-state index in [2.05, 4.69) is 29.7 Å². The van der Waals surface area contributed by atoms with E-state index in [0.717, 1.165) is 18.7 Å². The monoisotopic (exact) mass is 310 g/mol. The Bertz CT molecular complexity index is 418. The first-order valence-electron chi connectivity index (χ1n) is 7.72. The summed E-state index contributed by atoms with van der Waals surface area (Å²) in [6.07, 6.45) is 3.03. The molecule has 2 atom stereocenters. The van der Waals surface area contributed by atoms with Crippen LogP contribution in [-0.2, 0) is 4.79 Å². The van der Waals surface area contributed by atoms with Gasteiger partial charge in [-0.2, -0.15) is 0 Å². The van der Waals surface area contributed by atoms with Crippen molar-refractivity contribution in [2.24, 2.45) is 11.8 Å². The maximum Gasteiger partial charge on any atom is 0.220 e. The van der Waals surface area contributed by atoms with Crippen molar-refractivity contribution >= 4 is 18.3 Å². The SMILES string of the molecule is CC(NC(=O)CC(C)C1CCNCC1)c1ccccc1.Cl. The second-order valence-corrected chi connectivity index (χ2v) is 5.97. The molecule has 0 radical (unpaired) electrons. The third-order valence-electron chi connectivity index (χ3n) is 4.37. The van der Waals surface area contributed by atoms with Crippen LogP contribution in [0, 0.1) is 11.8 Å². The van der Waals surface area contributed by atoms with Crippen molar-refractivity contribution in [1.29, 1.82) is 0 Å². The molecule has 1 aliphatic heterocycles. The molecule has 1 saturated heterocycles. The normalized spacial score (nSPS) is 18.4. The molecule has 1 aromatic rings. The molecule has 1 heterocycles. The predicted octanol–water partition coefficient (Wildman–Crippen LogP) is 3.31. The van der Waals surface area contributed by atoms with Gasteiger partial charge in [0.05, 0.1) is 6.04 Å². The zero-order valence-electron chi connectivity index (χ0n) is 13.0. The largest absolute Gasteiger partial charge is 0.350 e. The van der Waals surface area contributed by atoms with E-state index in [0.29, 0.717) is 18.3 Å². The number of halogens is 1. The quantitative estimate of drug-likeness (QED) is 0.876. The molecule has 0 aliphatic carbocycles. The molecule has 1 aliphatic rings. The number of amides is 1. The summed E-state index contributed by atoms with van der Waals surface area (Å²) in [4.78, 5) is 12.2. The number of piperidine rings is 1. The minimum absolute atomic E-state index is 0. The van der Waals surface area contributed by atoms with E-state index >= 15 is 0 Å². The highest BCUT2D eigenvalue weighted by molar-refractivity contribution is 5.85. The number of hydrogen-bond acceptors (Lipinski definition) is 2. The van der Waals surface area contributed by atoms with Gasteiger partial charge in [-0.3, -0.25) is 4.79 Å². The van der Waals surface area contributed by atoms with Gasteiger partial charge in [-0.05, 0) is 50.3 Å². The lowest BCUT2D eigenvalue weighted by molar-refractivity contribution is -0.123. The van der Waals surface area contributed by atoms with E-state index in [1.165, 1.54) is 12.8 Å². The number of nitrogens with one attached hydrogen (secondary N) is 2. The predicted molar refractivity (Wildman–Crippen MR) is 89.6 cm³/mol. The molecular formula is C17H27ClN2O. The average molecular weight is 311 g/mol. The molecule has 21 heavy (non-hydrogen) atoms. The lowest BCUT2D eigenvalue weighted by Gasteiger charge is -2.28. The van der Waals surface area contributed by atoms with E-state index < -0.39 is 0 Å². The number of benzene rings is 1. The Morgan fingerprint density at radius 3 is 2.48 bits per heavy atom. The van der Waals surface area contributed by atoms with Crippen LogP contribution in [0.25, 0.3) is 0 Å². The highest BCUT2D eigenvalue weighted by Crippen LogP contribution is 2.24. The third-order valence-corrected chi connectivity index (χ3v) is 4.37. The molecule has 0 aromatic heterocycles. The molecule has 2 N–H and O–H groups in total. The molecule has 0 bridgehead atoms. The topological polar surface area (TPSA) is 41.1 Å². The molecule has 0 saturated carbocycles. The first-order valence-corrected chi connectivity index (χ1v) is 7.72. The minimum Gasteiger partial charge on any atom is -0.350 e. The summed E-state index contributed by atoms with van der Waals surface area (Å²) >= 11 is 0. The smallest absolute Gasteiger partial charge is 0.220 e. The molecule has 1 aromatic carbocycles. The lowest BCUT2D eigenvalue weighted by Crippen LogP contribution is -2.34. The van der Waals surface area contributed by atoms with Crippen molar-refractivity contribution in [2.75, 3.05) is 13.1 Å². The molecule has 3 nitrogen and oxygen atoms in total. The number of carbonyl (C=O) groups excluding carboxylic acids is 1. The first-order chi connectivity index (χ1) is 9.66. The Morgan fingerprint density at radius 1 is 1.24 bits per heavy atom. The summed E-state index contributed by atoms with van der Waals surface area (Å²) in [6, 6.07) is 10.2. The van der Waals surface area contributed by atoms with Crippen molar-refractivity contribution < 1.29 is 4.79 Å². The zero-order valence-corrected chi connectivity index (χ0v) is 13.8. The van der Waals surface area contributed by atoms with Crippen molar-refractivity contribution in [2.45, 2.75) is 39.2 Å². The fourth-order valence-electron chi connectivity index (χ4n) is 3.00. The second kappa shape index (κ2) is 9.06. The fourth-order valence-corrected chi connectivity index (χ4v) is 3.00. The Hall–Kier alpha value is -1.06. The highest BCUT2D eigenvalue weighted by atomic mass is 35.5. The Labute approximate surface area is 134 Å². The van der Waals surface area contributed by atoms with E-state index in [9.17, 15) is 4.79 Å². The van der Waals surface area contributed by atoms with Gasteiger partial charge in [0.15, 0.2) is 0 Å². The highest BCUT2D eigenvalue weighted by Gasteiger charge is 2.22. The van der Waals surface area contributed by atoms with Crippen molar-refractivity contribution in [3.05, 3.63) is 35.9 Å². The molecule has 1 fully saturated rings. The van der Waals surface area contributed by atoms with Gasteiger partial charge in [0, 0.05) is 6.42 Å². The molecule has 1 amide bonds. The van der Waals surface area contributed by atoms with Crippen molar-refractivity contribution in [1.82, 2.24) is 10.6 Å². The minimum atomic E-state index is 0. The Kier molecular flexibility index (Phi) is 7.76. The van der Waals surface area contributed by atoms with E-state index in [4.69, 9.17) is 0 Å². The van der Waals surface area contributed by atoms with Crippen LogP contribution in [-0.4, -0.2) is 19.0 Å². The number of hydrogen-bond donors (Lipinski definition) is 2. The number of rotatable bonds is 5. The van der Waals surface area contributed by atoms with Gasteiger partial charge in [0.25, 0.3) is 0 Å². The summed E-state index contributed by atoms with van der Waals surface area (Å²) in [7, 11) is 0. The fraction of sp³-hybridized carbons (Fsp3) is 0.588. The average Bonchev–Trinajstić information content (AvgIpc) is 2.49. The third kappa shape index (κ3) is 5.68. The van der Waals surface area contributed by atoms with Crippen LogP contribution >= 0.6 is 12.4 Å². The van der Waals surface area contributed by atoms with E-state index in [1.54, 1.807) is 0 Å². The maximum absolute atomic E-state index is 12.2. The summed E-state index contributed by atoms with van der Waals surface area (Å²) < 4.78 is 0. The van der Waals surface area contributed by atoms with Gasteiger partial charge in [-0.25, -0.2) is 0 Å². The summed E-state index contributed by atoms with van der Waals surface area (Å²) in [6.45, 7) is 6.44. The zero-order chi connectivity index (χ0) is 14.4. The molecule has 4 heteroatoms. The number of carbonyl (C=O) groups is 1. The van der Waals surface area contributed by atoms with Crippen LogP contribution in [0.1, 0.15) is 44.7 Å². The lowest BCUT2D eigenvalue weighted by atomic mass is 9.84. The van der Waals surface area contributed by atoms with Crippen LogP contribution < -0.4 is 10.6 Å². The Morgan fingerprint density at radius 2 is 1.86 bits per heavy atom. The van der Waals surface area contributed by atoms with Crippen molar-refractivity contribution in [3.63, 3.8) is 0 Å². The second-order valence-electron chi connectivity index (χ2n) is 5.97. The Balaban J connectivity index is 0.00000220. The maximum atomic E-state index is 12.2. The summed E-state index contributed by atoms with van der Waals surface area (Å²) in [5, 5.41) is 6.49. The van der Waals surface area contributed by atoms with Gasteiger partial charge in [0.1, 0.15) is 0 Å². The van der Waals surface area contributed by atoms with Crippen LogP contribution in [0.2, 0.25) is 0 Å². The summed E-state index contributed by atoms with van der Waals surface area (Å²) in [5.41, 5.74) is 1.16.